The zero-order valence-electron chi connectivity index (χ0n) is 1.98. The Balaban J connectivity index is 2.54. The molecular weight excluding hydrogens is 102 g/mol. The molecule has 5 heavy (non-hydrogen) atoms. The van der Waals surface area contributed by atoms with E-state index in [1.165, 1.54) is 0 Å². The number of halogens is 2. The maximum absolute atomic E-state index is 9.99. The number of hydrogen-bond donors (Lipinski definition) is 0. The first kappa shape index (κ1) is 5.10. The molecular formula is ClFO3. The van der Waals surface area contributed by atoms with Gasteiger partial charge in [-0.15, -0.1) is 0 Å². The van der Waals surface area contributed by atoms with Gasteiger partial charge in [0.15, 0.2) is 0 Å². The topological polar surface area (TPSA) is 55.3 Å². The Labute approximate surface area is 30.3 Å². The van der Waals surface area contributed by atoms with Crippen molar-refractivity contribution in [3.8, 4) is 0 Å². The quantitative estimate of drug-likeness (QED) is 0.384. The standard InChI is InChI=1S/ClFO3/c2-5-1(3)4. The maximum atomic E-state index is 9.99. The van der Waals surface area contributed by atoms with Crippen molar-refractivity contribution in [1.29, 1.82) is 0 Å². The second kappa shape index (κ2) is 2.34. The van der Waals surface area contributed by atoms with E-state index in [0.29, 0.717) is 0 Å². The molecule has 0 spiro atoms. The lowest BCUT2D eigenvalue weighted by Crippen LogP contribution is -2.31. The second-order valence-electron chi connectivity index (χ2n) is 0.247. The van der Waals surface area contributed by atoms with Crippen LogP contribution in [0.25, 0.3) is 0 Å². The molecule has 3 nitrogen and oxygen atoms in total. The molecule has 0 aromatic carbocycles. The maximum Gasteiger partial charge on any atom is 0.334 e. The molecule has 0 amide bonds. The van der Waals surface area contributed by atoms with Gasteiger partial charge in [0.05, 0.1) is 4.53 Å². The molecule has 0 fully saturated rings. The minimum Gasteiger partial charge on any atom is -0.317 e. The van der Waals surface area contributed by atoms with E-state index in [0.717, 1.165) is 0 Å². The summed E-state index contributed by atoms with van der Waals surface area (Å²) in [4.78, 5) is 0. The molecule has 0 radical (unpaired) electrons. The summed E-state index contributed by atoms with van der Waals surface area (Å²) in [5.74, 6) is 0. The summed E-state index contributed by atoms with van der Waals surface area (Å²) in [5.41, 5.74) is 0. The Bertz CT molecular complexity index is 20.9. The second-order valence-corrected chi connectivity index (χ2v) is 0.742. The third-order valence-electron chi connectivity index (χ3n) is 0.0476. The van der Waals surface area contributed by atoms with Gasteiger partial charge in [-0.1, -0.05) is 0 Å². The van der Waals surface area contributed by atoms with Crippen LogP contribution >= 0.6 is 0 Å². The van der Waals surface area contributed by atoms with Gasteiger partial charge in [0.1, 0.15) is 0 Å². The van der Waals surface area contributed by atoms with Gasteiger partial charge in [-0.25, -0.2) is 0 Å². The van der Waals surface area contributed by atoms with E-state index in [1.54, 1.807) is 0 Å². The van der Waals surface area contributed by atoms with Crippen molar-refractivity contribution in [3.05, 3.63) is 0 Å². The van der Waals surface area contributed by atoms with Crippen LogP contribution < -0.4 is 9.32 Å². The Morgan fingerprint density at radius 3 is 1.80 bits per heavy atom. The van der Waals surface area contributed by atoms with Gasteiger partial charge in [-0.3, -0.25) is 0 Å². The van der Waals surface area contributed by atoms with Crippen molar-refractivity contribution in [2.24, 2.45) is 0 Å². The Hall–Kier alpha value is 0.1000. The Morgan fingerprint density at radius 2 is 1.80 bits per heavy atom. The molecule has 0 aromatic rings. The molecule has 0 aromatic heterocycles. The molecule has 32 valence electrons. The fourth-order valence-corrected chi connectivity index (χ4v) is 0. The van der Waals surface area contributed by atoms with Crippen LogP contribution in [-0.4, -0.2) is 0 Å². The largest absolute Gasteiger partial charge is 0.334 e. The first-order valence-electron chi connectivity index (χ1n) is 0.617. The van der Waals surface area contributed by atoms with Crippen LogP contribution in [0.1, 0.15) is 0 Å². The average molecular weight is 102 g/mol. The summed E-state index contributed by atoms with van der Waals surface area (Å²) in [6.07, 6.45) is 0. The van der Waals surface area contributed by atoms with E-state index >= 15 is 0 Å². The fourth-order valence-electron chi connectivity index (χ4n) is 0. The van der Waals surface area contributed by atoms with Crippen LogP contribution in [0.3, 0.4) is 0 Å². The highest BCUT2D eigenvalue weighted by molar-refractivity contribution is 2.45. The van der Waals surface area contributed by atoms with Gasteiger partial charge in [0.2, 0.25) is 4.49 Å². The Morgan fingerprint density at radius 1 is 1.60 bits per heavy atom. The summed E-state index contributed by atoms with van der Waals surface area (Å²) in [6, 6.07) is 0. The van der Waals surface area contributed by atoms with E-state index in [-0.39, 0.29) is 0 Å². The smallest absolute Gasteiger partial charge is 0.317 e. The fraction of sp³-hybridized carbons (Fsp3) is 0. The van der Waals surface area contributed by atoms with Gasteiger partial charge >= 0.3 is 10.8 Å². The summed E-state index contributed by atoms with van der Waals surface area (Å²) in [7, 11) is -2.71. The van der Waals surface area contributed by atoms with E-state index in [4.69, 9.17) is 9.32 Å². The van der Waals surface area contributed by atoms with Crippen LogP contribution in [0.2, 0.25) is 0 Å². The van der Waals surface area contributed by atoms with Crippen molar-refractivity contribution in [3.63, 3.8) is 0 Å². The monoisotopic (exact) mass is 102 g/mol. The SMILES string of the molecule is [O-][Cl+2]([O-])OF. The van der Waals surface area contributed by atoms with Crippen LogP contribution in [0, 0.1) is 10.8 Å². The lowest BCUT2D eigenvalue weighted by atomic mass is 15.6. The molecule has 0 aliphatic heterocycles. The third-order valence-corrected chi connectivity index (χ3v) is 0.143. The molecule has 0 saturated carbocycles. The van der Waals surface area contributed by atoms with Crippen molar-refractivity contribution in [1.82, 2.24) is 0 Å². The lowest BCUT2D eigenvalue weighted by molar-refractivity contribution is -1.64. The molecule has 5 heteroatoms. The van der Waals surface area contributed by atoms with E-state index in [2.05, 4.69) is 4.49 Å². The third kappa shape index (κ3) is 4.10. The summed E-state index contributed by atoms with van der Waals surface area (Å²) < 4.78 is 29.6. The van der Waals surface area contributed by atoms with Gasteiger partial charge < -0.3 is 9.32 Å². The minimum absolute atomic E-state index is 2.13. The van der Waals surface area contributed by atoms with E-state index < -0.39 is 10.8 Å². The highest BCUT2D eigenvalue weighted by Gasteiger charge is 2.00. The first-order valence-corrected chi connectivity index (χ1v) is 1.54. The van der Waals surface area contributed by atoms with Crippen molar-refractivity contribution in [2.75, 3.05) is 0 Å². The van der Waals surface area contributed by atoms with Crippen LogP contribution in [0.5, 0.6) is 0 Å². The van der Waals surface area contributed by atoms with Crippen LogP contribution in [-0.2, 0) is 4.49 Å². The summed E-state index contributed by atoms with van der Waals surface area (Å²) >= 11 is 0. The molecule has 0 aliphatic carbocycles. The van der Waals surface area contributed by atoms with E-state index in [9.17, 15) is 4.53 Å². The summed E-state index contributed by atoms with van der Waals surface area (Å²) in [5, 5.41) is 0. The molecule has 0 aliphatic rings. The van der Waals surface area contributed by atoms with Crippen molar-refractivity contribution in [2.45, 2.75) is 0 Å². The van der Waals surface area contributed by atoms with Crippen molar-refractivity contribution >= 4 is 0 Å². The molecule has 0 unspecified atom stereocenters. The zero-order chi connectivity index (χ0) is 4.28. The molecule has 0 bridgehead atoms. The summed E-state index contributed by atoms with van der Waals surface area (Å²) in [6.45, 7) is 0. The number of hydrogen-bond acceptors (Lipinski definition) is 3. The number of rotatable bonds is 1. The normalized spacial score (nSPS) is 9.60. The average Bonchev–Trinajstić information content (AvgIpc) is 1.38. The minimum atomic E-state index is -2.71. The van der Waals surface area contributed by atoms with Crippen LogP contribution in [0.4, 0.5) is 4.53 Å². The van der Waals surface area contributed by atoms with Crippen molar-refractivity contribution < 1.29 is 29.1 Å². The highest BCUT2D eigenvalue weighted by atomic mass is 35.6. The van der Waals surface area contributed by atoms with E-state index in [1.807, 2.05) is 0 Å². The van der Waals surface area contributed by atoms with Gasteiger partial charge in [0.25, 0.3) is 0 Å². The molecule has 0 N–H and O–H groups in total. The molecule has 0 atom stereocenters. The Kier molecular flexibility index (Phi) is 2.39. The molecule has 0 rings (SSSR count). The zero-order valence-corrected chi connectivity index (χ0v) is 2.74. The molecule has 0 heterocycles. The highest BCUT2D eigenvalue weighted by Crippen LogP contribution is 1.70. The lowest BCUT2D eigenvalue weighted by Gasteiger charge is -1.75. The predicted molar refractivity (Wildman–Crippen MR) is 2.19 cm³/mol. The molecule has 0 saturated heterocycles. The predicted octanol–water partition coefficient (Wildman–Crippen LogP) is -2.03. The van der Waals surface area contributed by atoms with Gasteiger partial charge in [-0.05, 0) is 0 Å². The van der Waals surface area contributed by atoms with Gasteiger partial charge in [0, 0.05) is 0 Å². The van der Waals surface area contributed by atoms with Gasteiger partial charge in [-0.2, -0.15) is 0 Å². The van der Waals surface area contributed by atoms with Crippen LogP contribution in [0.15, 0.2) is 0 Å². The first-order chi connectivity index (χ1) is 2.27.